The first-order valence-electron chi connectivity index (χ1n) is 22.3. The summed E-state index contributed by atoms with van der Waals surface area (Å²) >= 11 is 0. The molecule has 5 nitrogen and oxygen atoms in total. The molecule has 0 spiro atoms. The molecule has 14 rings (SSSR count). The zero-order chi connectivity index (χ0) is 43.0. The van der Waals surface area contributed by atoms with Crippen LogP contribution in [0.3, 0.4) is 0 Å². The Morgan fingerprint density at radius 1 is 0.400 bits per heavy atom. The van der Waals surface area contributed by atoms with Gasteiger partial charge in [-0.15, -0.1) is 0 Å². The predicted molar refractivity (Wildman–Crippen MR) is 265 cm³/mol. The molecule has 12 aromatic rings. The molecule has 1 aliphatic heterocycles. The van der Waals surface area contributed by atoms with E-state index in [2.05, 4.69) is 176 Å². The lowest BCUT2D eigenvalue weighted by atomic mass is 9.78. The second-order valence-corrected chi connectivity index (χ2v) is 17.9. The van der Waals surface area contributed by atoms with E-state index in [4.69, 9.17) is 19.4 Å². The largest absolute Gasteiger partial charge is 0.456 e. The number of hydrogen-bond donors (Lipinski definition) is 0. The monoisotopic (exact) mass is 830 g/mol. The van der Waals surface area contributed by atoms with Crippen molar-refractivity contribution in [3.8, 4) is 84.4 Å². The lowest BCUT2D eigenvalue weighted by molar-refractivity contribution is 0.662. The second-order valence-electron chi connectivity index (χ2n) is 17.9. The molecule has 0 atom stereocenters. The van der Waals surface area contributed by atoms with Crippen LogP contribution in [0.2, 0.25) is 0 Å². The molecular weight excluding hydrogens is 793 g/mol. The smallest absolute Gasteiger partial charge is 0.164 e. The van der Waals surface area contributed by atoms with Gasteiger partial charge in [0.25, 0.3) is 0 Å². The zero-order valence-electron chi connectivity index (χ0n) is 35.7. The van der Waals surface area contributed by atoms with E-state index in [9.17, 15) is 0 Å². The van der Waals surface area contributed by atoms with Gasteiger partial charge in [0.15, 0.2) is 17.5 Å². The summed E-state index contributed by atoms with van der Waals surface area (Å²) in [5.74, 6) is 1.83. The molecule has 3 aromatic heterocycles. The van der Waals surface area contributed by atoms with Crippen molar-refractivity contribution in [2.75, 3.05) is 0 Å². The Morgan fingerprint density at radius 3 is 1.86 bits per heavy atom. The van der Waals surface area contributed by atoms with Crippen LogP contribution in [-0.2, 0) is 5.41 Å². The lowest BCUT2D eigenvalue weighted by Crippen LogP contribution is -2.16. The van der Waals surface area contributed by atoms with E-state index in [1.165, 1.54) is 66.4 Å². The fraction of sp³-hybridized carbons (Fsp3) is 0.0500. The highest BCUT2D eigenvalue weighted by Crippen LogP contribution is 2.60. The molecule has 5 heteroatoms. The Bertz CT molecular complexity index is 3970. The van der Waals surface area contributed by atoms with E-state index in [1.54, 1.807) is 0 Å². The van der Waals surface area contributed by atoms with Crippen LogP contribution in [0.5, 0.6) is 0 Å². The van der Waals surface area contributed by atoms with E-state index in [-0.39, 0.29) is 5.41 Å². The molecule has 4 heterocycles. The van der Waals surface area contributed by atoms with Gasteiger partial charge in [-0.25, -0.2) is 15.0 Å². The fourth-order valence-electron chi connectivity index (χ4n) is 11.1. The molecule has 0 unspecified atom stereocenters. The summed E-state index contributed by atoms with van der Waals surface area (Å²) in [6.45, 7) is 4.80. The second kappa shape index (κ2) is 13.3. The van der Waals surface area contributed by atoms with Crippen LogP contribution in [0.4, 0.5) is 0 Å². The average Bonchev–Trinajstić information content (AvgIpc) is 3.95. The number of fused-ring (bicyclic) bond motifs is 9. The average molecular weight is 831 g/mol. The Labute approximate surface area is 375 Å². The normalized spacial score (nSPS) is 13.2. The Morgan fingerprint density at radius 2 is 1.02 bits per heavy atom. The third-order valence-electron chi connectivity index (χ3n) is 14.0. The molecule has 0 saturated carbocycles. The molecule has 0 bridgehead atoms. The molecule has 9 aromatic carbocycles. The van der Waals surface area contributed by atoms with Crippen molar-refractivity contribution in [1.29, 1.82) is 0 Å². The minimum atomic E-state index is -0.248. The SMILES string of the molecule is CC1(C)c2cccc3c2-c2c1c(-c1ccc(-c4nc(-c5ccc6oc7ccccc7c6c5)nc(-c5ccccc5-c5ccccc5)n4)cc1)cc1c4ccccc4n(c21)-c1ccccc1-3. The number of benzene rings is 9. The van der Waals surface area contributed by atoms with Crippen molar-refractivity contribution < 1.29 is 4.42 Å². The van der Waals surface area contributed by atoms with Crippen molar-refractivity contribution in [3.63, 3.8) is 0 Å². The Kier molecular flexibility index (Phi) is 7.39. The van der Waals surface area contributed by atoms with Gasteiger partial charge in [0.2, 0.25) is 0 Å². The predicted octanol–water partition coefficient (Wildman–Crippen LogP) is 15.5. The molecule has 1 aliphatic carbocycles. The maximum absolute atomic E-state index is 6.22. The molecule has 2 aliphatic rings. The quantitative estimate of drug-likeness (QED) is 0.173. The zero-order valence-corrected chi connectivity index (χ0v) is 35.7. The summed E-state index contributed by atoms with van der Waals surface area (Å²) in [5, 5.41) is 4.61. The number of nitrogens with zero attached hydrogens (tertiary/aromatic N) is 4. The maximum atomic E-state index is 6.22. The summed E-state index contributed by atoms with van der Waals surface area (Å²) < 4.78 is 8.74. The third kappa shape index (κ3) is 5.12. The summed E-state index contributed by atoms with van der Waals surface area (Å²) in [7, 11) is 0. The molecule has 0 radical (unpaired) electrons. The van der Waals surface area contributed by atoms with Crippen molar-refractivity contribution in [2.24, 2.45) is 0 Å². The molecule has 0 saturated heterocycles. The third-order valence-corrected chi connectivity index (χ3v) is 14.0. The minimum absolute atomic E-state index is 0.248. The molecule has 0 fully saturated rings. The summed E-state index contributed by atoms with van der Waals surface area (Å²) in [6.07, 6.45) is 0. The van der Waals surface area contributed by atoms with Gasteiger partial charge in [-0.1, -0.05) is 166 Å². The summed E-state index contributed by atoms with van der Waals surface area (Å²) in [6, 6.07) is 69.2. The topological polar surface area (TPSA) is 56.7 Å². The summed E-state index contributed by atoms with van der Waals surface area (Å²) in [4.78, 5) is 15.7. The highest BCUT2D eigenvalue weighted by molar-refractivity contribution is 6.20. The van der Waals surface area contributed by atoms with Crippen LogP contribution in [-0.4, -0.2) is 19.5 Å². The van der Waals surface area contributed by atoms with Crippen LogP contribution in [0.1, 0.15) is 25.0 Å². The summed E-state index contributed by atoms with van der Waals surface area (Å²) in [5.41, 5.74) is 20.5. The molecular formula is C60H38N4O. The van der Waals surface area contributed by atoms with E-state index in [1.807, 2.05) is 36.4 Å². The number of rotatable bonds is 5. The van der Waals surface area contributed by atoms with Gasteiger partial charge < -0.3 is 8.98 Å². The van der Waals surface area contributed by atoms with Gasteiger partial charge in [0.1, 0.15) is 11.2 Å². The first-order valence-corrected chi connectivity index (χ1v) is 22.3. The number of aromatic nitrogens is 4. The van der Waals surface area contributed by atoms with Gasteiger partial charge in [-0.05, 0) is 87.0 Å². The van der Waals surface area contributed by atoms with E-state index >= 15 is 0 Å². The van der Waals surface area contributed by atoms with E-state index < -0.39 is 0 Å². The lowest BCUT2D eigenvalue weighted by Gasteiger charge is -2.26. The van der Waals surface area contributed by atoms with Gasteiger partial charge in [0.05, 0.1) is 16.7 Å². The first-order chi connectivity index (χ1) is 32.0. The van der Waals surface area contributed by atoms with Crippen molar-refractivity contribution in [1.82, 2.24) is 19.5 Å². The van der Waals surface area contributed by atoms with Gasteiger partial charge in [-0.2, -0.15) is 0 Å². The van der Waals surface area contributed by atoms with Crippen molar-refractivity contribution in [3.05, 3.63) is 205 Å². The van der Waals surface area contributed by atoms with Crippen LogP contribution < -0.4 is 0 Å². The van der Waals surface area contributed by atoms with Crippen molar-refractivity contribution in [2.45, 2.75) is 19.3 Å². The molecule has 65 heavy (non-hydrogen) atoms. The fourth-order valence-corrected chi connectivity index (χ4v) is 11.1. The Hall–Kier alpha value is -8.41. The molecule has 0 N–H and O–H groups in total. The number of furan rings is 1. The standard InChI is InChI=1S/C60H38N4O/c1-60(2)48-23-14-22-43-40-18-8-11-24-49(40)64-50-25-12-9-19-41(50)47-34-45(55(60)54(53(43)48)56(47)64)36-27-29-37(30-28-36)57-61-58(38-31-32-52-46(33-38)42-20-10-13-26-51(42)65-52)63-59(62-57)44-21-7-6-17-39(44)35-15-4-3-5-16-35/h3-34H,1-2H3. The Balaban J connectivity index is 0.975. The van der Waals surface area contributed by atoms with E-state index in [0.29, 0.717) is 17.5 Å². The van der Waals surface area contributed by atoms with Crippen LogP contribution in [0.25, 0.3) is 128 Å². The molecule has 0 amide bonds. The van der Waals surface area contributed by atoms with Crippen LogP contribution in [0.15, 0.2) is 199 Å². The molecule has 304 valence electrons. The van der Waals surface area contributed by atoms with E-state index in [0.717, 1.165) is 55.3 Å². The minimum Gasteiger partial charge on any atom is -0.456 e. The van der Waals surface area contributed by atoms with Gasteiger partial charge >= 0.3 is 0 Å². The highest BCUT2D eigenvalue weighted by atomic mass is 16.3. The first kappa shape index (κ1) is 36.1. The van der Waals surface area contributed by atoms with Crippen LogP contribution >= 0.6 is 0 Å². The van der Waals surface area contributed by atoms with Gasteiger partial charge in [0, 0.05) is 54.8 Å². The van der Waals surface area contributed by atoms with Gasteiger partial charge in [-0.3, -0.25) is 0 Å². The number of hydrogen-bond acceptors (Lipinski definition) is 4. The maximum Gasteiger partial charge on any atom is 0.164 e. The van der Waals surface area contributed by atoms with Crippen LogP contribution in [0, 0.1) is 0 Å². The number of para-hydroxylation sites is 3. The highest BCUT2D eigenvalue weighted by Gasteiger charge is 2.43. The van der Waals surface area contributed by atoms with Crippen molar-refractivity contribution >= 4 is 43.7 Å².